The molecule has 1 N–H and O–H groups in total. The maximum atomic E-state index is 8.41. The summed E-state index contributed by atoms with van der Waals surface area (Å²) in [6.45, 7) is 0.173. The molecule has 0 saturated heterocycles. The number of hydrogen-bond acceptors (Lipinski definition) is 2. The van der Waals surface area contributed by atoms with Gasteiger partial charge in [0.2, 0.25) is 0 Å². The molecular weight excluding hydrogens is 156 g/mol. The average Bonchev–Trinajstić information content (AvgIpc) is 2.03. The zero-order valence-corrected chi connectivity index (χ0v) is 8.67. The molecule has 0 aromatic heterocycles. The molecule has 0 aliphatic carbocycles. The molecule has 0 unspecified atom stereocenters. The van der Waals surface area contributed by atoms with E-state index < -0.39 is 0 Å². The number of aliphatic hydroxyl groups excluding tert-OH is 1. The van der Waals surface area contributed by atoms with Gasteiger partial charge in [-0.3, -0.25) is 0 Å². The molecule has 0 radical (unpaired) electrons. The van der Waals surface area contributed by atoms with Crippen LogP contribution in [-0.4, -0.2) is 28.6 Å². The van der Waals surface area contributed by atoms with E-state index in [0.717, 1.165) is 6.42 Å². The number of rotatable bonds is 7. The Balaban J connectivity index is 2.85. The summed E-state index contributed by atoms with van der Waals surface area (Å²) in [6, 6.07) is 1.28. The molecule has 0 saturated carbocycles. The summed E-state index contributed by atoms with van der Waals surface area (Å²) in [5, 5.41) is 8.41. The van der Waals surface area contributed by atoms with Gasteiger partial charge >= 0.3 is 0 Å². The highest BCUT2D eigenvalue weighted by Gasteiger charge is 1.86. The Morgan fingerprint density at radius 1 is 1.36 bits per heavy atom. The van der Waals surface area contributed by atoms with Crippen molar-refractivity contribution in [2.75, 3.05) is 13.7 Å². The van der Waals surface area contributed by atoms with Crippen molar-refractivity contribution >= 4 is 9.76 Å². The van der Waals surface area contributed by atoms with Crippen molar-refractivity contribution in [1.29, 1.82) is 0 Å². The third kappa shape index (κ3) is 9.88. The van der Waals surface area contributed by atoms with Gasteiger partial charge in [-0.2, -0.15) is 0 Å². The van der Waals surface area contributed by atoms with Crippen molar-refractivity contribution in [3.63, 3.8) is 0 Å². The molecule has 0 aliphatic heterocycles. The molecule has 0 aromatic carbocycles. The third-order valence-electron chi connectivity index (χ3n) is 1.49. The van der Waals surface area contributed by atoms with Gasteiger partial charge in [-0.25, -0.2) is 0 Å². The van der Waals surface area contributed by atoms with Gasteiger partial charge in [0.15, 0.2) is 9.76 Å². The van der Waals surface area contributed by atoms with Gasteiger partial charge in [0.05, 0.1) is 6.61 Å². The van der Waals surface area contributed by atoms with Crippen molar-refractivity contribution in [2.24, 2.45) is 0 Å². The second-order valence-electron chi connectivity index (χ2n) is 2.50. The second-order valence-corrected chi connectivity index (χ2v) is 4.19. The Hall–Kier alpha value is -0.123. The Kier molecular flexibility index (Phi) is 9.77. The fourth-order valence-corrected chi connectivity index (χ4v) is 1.72. The van der Waals surface area contributed by atoms with E-state index >= 15 is 0 Å². The van der Waals surface area contributed by atoms with E-state index in [2.05, 4.69) is 0 Å². The highest BCUT2D eigenvalue weighted by atomic mass is 28.2. The van der Waals surface area contributed by atoms with Crippen molar-refractivity contribution < 1.29 is 9.53 Å². The predicted octanol–water partition coefficient (Wildman–Crippen LogP) is 0.854. The van der Waals surface area contributed by atoms with Crippen LogP contribution in [0.25, 0.3) is 0 Å². The first-order valence-electron chi connectivity index (χ1n) is 4.16. The fraction of sp³-hybridized carbons (Fsp3) is 0.750. The van der Waals surface area contributed by atoms with Crippen LogP contribution in [0, 0.1) is 0 Å². The Bertz CT molecular complexity index is 94.1. The van der Waals surface area contributed by atoms with Crippen LogP contribution in [0.4, 0.5) is 0 Å². The van der Waals surface area contributed by atoms with Crippen LogP contribution in [0.15, 0.2) is 12.2 Å². The van der Waals surface area contributed by atoms with Crippen LogP contribution >= 0.6 is 0 Å². The van der Waals surface area contributed by atoms with E-state index in [4.69, 9.17) is 9.53 Å². The van der Waals surface area contributed by atoms with Gasteiger partial charge in [0, 0.05) is 7.11 Å². The second kappa shape index (κ2) is 9.88. The molecule has 0 bridgehead atoms. The zero-order chi connectivity index (χ0) is 8.36. The SMILES string of the molecule is CO[SiH2]CCCCC=CCO. The largest absolute Gasteiger partial charge is 0.427 e. The number of unbranched alkanes of at least 4 members (excludes halogenated alkanes) is 2. The maximum absolute atomic E-state index is 8.41. The summed E-state index contributed by atoms with van der Waals surface area (Å²) >= 11 is 0. The van der Waals surface area contributed by atoms with Crippen molar-refractivity contribution in [3.05, 3.63) is 12.2 Å². The molecule has 0 aliphatic rings. The molecule has 0 heterocycles. The normalized spacial score (nSPS) is 12.2. The predicted molar refractivity (Wildman–Crippen MR) is 50.4 cm³/mol. The lowest BCUT2D eigenvalue weighted by molar-refractivity contribution is 0.342. The van der Waals surface area contributed by atoms with Crippen LogP contribution in [0.3, 0.4) is 0 Å². The summed E-state index contributed by atoms with van der Waals surface area (Å²) in [4.78, 5) is 0. The molecule has 0 aromatic rings. The van der Waals surface area contributed by atoms with Crippen LogP contribution in [0.5, 0.6) is 0 Å². The molecule has 11 heavy (non-hydrogen) atoms. The molecule has 3 heteroatoms. The molecule has 0 atom stereocenters. The van der Waals surface area contributed by atoms with Crippen LogP contribution in [0.2, 0.25) is 6.04 Å². The highest BCUT2D eigenvalue weighted by Crippen LogP contribution is 2.00. The molecule has 0 rings (SSSR count). The first-order valence-corrected chi connectivity index (χ1v) is 5.74. The van der Waals surface area contributed by atoms with Gasteiger partial charge in [0.25, 0.3) is 0 Å². The fourth-order valence-electron chi connectivity index (χ4n) is 0.878. The molecule has 0 amide bonds. The zero-order valence-electron chi connectivity index (χ0n) is 7.25. The standard InChI is InChI=1S/C8H18O2Si/c1-10-11-8-6-4-2-3-5-7-9/h3,5,9H,2,4,6-8,11H2,1H3. The molecule has 0 fully saturated rings. The van der Waals surface area contributed by atoms with Gasteiger partial charge in [-0.1, -0.05) is 25.0 Å². The minimum Gasteiger partial charge on any atom is -0.427 e. The monoisotopic (exact) mass is 174 g/mol. The summed E-state index contributed by atoms with van der Waals surface area (Å²) in [7, 11) is 1.60. The van der Waals surface area contributed by atoms with E-state index in [0.29, 0.717) is 0 Å². The molecule has 66 valence electrons. The number of aliphatic hydroxyl groups is 1. The van der Waals surface area contributed by atoms with E-state index in [1.165, 1.54) is 18.9 Å². The Morgan fingerprint density at radius 2 is 2.18 bits per heavy atom. The van der Waals surface area contributed by atoms with E-state index in [9.17, 15) is 0 Å². The molecule has 0 spiro atoms. The third-order valence-corrected chi connectivity index (χ3v) is 2.69. The summed E-state index contributed by atoms with van der Waals surface area (Å²) in [5.74, 6) is 0. The average molecular weight is 174 g/mol. The summed E-state index contributed by atoms with van der Waals surface area (Å²) in [5.41, 5.74) is 0. The van der Waals surface area contributed by atoms with E-state index in [-0.39, 0.29) is 16.4 Å². The van der Waals surface area contributed by atoms with Crippen LogP contribution in [0.1, 0.15) is 19.3 Å². The summed E-state index contributed by atoms with van der Waals surface area (Å²) in [6.07, 6.45) is 7.43. The lowest BCUT2D eigenvalue weighted by Gasteiger charge is -1.95. The first kappa shape index (κ1) is 10.9. The number of allylic oxidation sites excluding steroid dienone is 1. The van der Waals surface area contributed by atoms with Crippen molar-refractivity contribution in [3.8, 4) is 0 Å². The lowest BCUT2D eigenvalue weighted by Crippen LogP contribution is -1.91. The van der Waals surface area contributed by atoms with Crippen LogP contribution in [-0.2, 0) is 4.43 Å². The highest BCUT2D eigenvalue weighted by molar-refractivity contribution is 6.26. The minimum atomic E-state index is -0.191. The van der Waals surface area contributed by atoms with Gasteiger partial charge in [-0.15, -0.1) is 0 Å². The smallest absolute Gasteiger partial charge is 0.161 e. The molecule has 2 nitrogen and oxygen atoms in total. The maximum Gasteiger partial charge on any atom is 0.161 e. The topological polar surface area (TPSA) is 29.5 Å². The molecular formula is C8H18O2Si. The van der Waals surface area contributed by atoms with Gasteiger partial charge < -0.3 is 9.53 Å². The minimum absolute atomic E-state index is 0.173. The Morgan fingerprint density at radius 3 is 2.82 bits per heavy atom. The van der Waals surface area contributed by atoms with Crippen LogP contribution < -0.4 is 0 Å². The first-order chi connectivity index (χ1) is 5.41. The van der Waals surface area contributed by atoms with E-state index in [1.807, 2.05) is 6.08 Å². The van der Waals surface area contributed by atoms with Crippen molar-refractivity contribution in [2.45, 2.75) is 25.3 Å². The lowest BCUT2D eigenvalue weighted by atomic mass is 10.2. The van der Waals surface area contributed by atoms with E-state index in [1.54, 1.807) is 13.2 Å². The Labute approximate surface area is 71.2 Å². The van der Waals surface area contributed by atoms with Gasteiger partial charge in [-0.05, 0) is 12.5 Å². The number of hydrogen-bond donors (Lipinski definition) is 1. The quantitative estimate of drug-likeness (QED) is 0.352. The van der Waals surface area contributed by atoms with Gasteiger partial charge in [0.1, 0.15) is 0 Å². The van der Waals surface area contributed by atoms with Crippen molar-refractivity contribution in [1.82, 2.24) is 0 Å². The summed E-state index contributed by atoms with van der Waals surface area (Å²) < 4.78 is 5.05.